The largest absolute Gasteiger partial charge is 0.494 e. The van der Waals surface area contributed by atoms with Crippen molar-refractivity contribution >= 4 is 0 Å². The van der Waals surface area contributed by atoms with Gasteiger partial charge in [-0.25, -0.2) is 0 Å². The van der Waals surface area contributed by atoms with Gasteiger partial charge in [-0.1, -0.05) is 38.0 Å². The van der Waals surface area contributed by atoms with E-state index in [1.165, 1.54) is 31.2 Å². The average molecular weight is 247 g/mol. The van der Waals surface area contributed by atoms with Crippen molar-refractivity contribution in [3.05, 3.63) is 29.8 Å². The quantitative estimate of drug-likeness (QED) is 0.826. The zero-order chi connectivity index (χ0) is 12.8. The van der Waals surface area contributed by atoms with Crippen LogP contribution in [-0.2, 0) is 6.54 Å². The topological polar surface area (TPSA) is 21.3 Å². The second-order valence-corrected chi connectivity index (χ2v) is 5.66. The van der Waals surface area contributed by atoms with Crippen LogP contribution >= 0.6 is 0 Å². The molecule has 1 aliphatic carbocycles. The van der Waals surface area contributed by atoms with E-state index in [9.17, 15) is 0 Å². The van der Waals surface area contributed by atoms with Crippen molar-refractivity contribution < 1.29 is 4.74 Å². The van der Waals surface area contributed by atoms with E-state index in [0.29, 0.717) is 5.41 Å². The second-order valence-electron chi connectivity index (χ2n) is 5.66. The van der Waals surface area contributed by atoms with Gasteiger partial charge in [0.1, 0.15) is 5.75 Å². The van der Waals surface area contributed by atoms with Crippen molar-refractivity contribution in [1.82, 2.24) is 5.32 Å². The van der Waals surface area contributed by atoms with E-state index >= 15 is 0 Å². The van der Waals surface area contributed by atoms with Crippen LogP contribution in [0.1, 0.15) is 45.1 Å². The summed E-state index contributed by atoms with van der Waals surface area (Å²) in [6.07, 6.45) is 5.53. The van der Waals surface area contributed by atoms with Gasteiger partial charge >= 0.3 is 0 Å². The van der Waals surface area contributed by atoms with Crippen LogP contribution in [0, 0.1) is 5.41 Å². The third-order valence-electron chi connectivity index (χ3n) is 3.95. The zero-order valence-corrected chi connectivity index (χ0v) is 11.7. The number of para-hydroxylation sites is 1. The van der Waals surface area contributed by atoms with E-state index in [2.05, 4.69) is 30.4 Å². The van der Waals surface area contributed by atoms with Crippen molar-refractivity contribution in [3.8, 4) is 5.75 Å². The van der Waals surface area contributed by atoms with Gasteiger partial charge in [0.15, 0.2) is 0 Å². The lowest BCUT2D eigenvalue weighted by molar-refractivity contribution is 0.309. The first-order valence-electron chi connectivity index (χ1n) is 7.15. The zero-order valence-electron chi connectivity index (χ0n) is 11.7. The average Bonchev–Trinajstić information content (AvgIpc) is 2.79. The van der Waals surface area contributed by atoms with Crippen LogP contribution in [0.4, 0.5) is 0 Å². The fraction of sp³-hybridized carbons (Fsp3) is 0.625. The molecule has 0 aromatic heterocycles. The Labute approximate surface area is 111 Å². The Bertz CT molecular complexity index is 369. The molecule has 1 aromatic carbocycles. The summed E-state index contributed by atoms with van der Waals surface area (Å²) in [4.78, 5) is 0. The molecule has 1 N–H and O–H groups in total. The molecule has 0 radical (unpaired) electrons. The highest BCUT2D eigenvalue weighted by Gasteiger charge is 2.27. The monoisotopic (exact) mass is 247 g/mol. The fourth-order valence-electron chi connectivity index (χ4n) is 2.85. The van der Waals surface area contributed by atoms with E-state index in [-0.39, 0.29) is 0 Å². The summed E-state index contributed by atoms with van der Waals surface area (Å²) >= 11 is 0. The van der Waals surface area contributed by atoms with Gasteiger partial charge in [-0.05, 0) is 31.2 Å². The predicted octanol–water partition coefficient (Wildman–Crippen LogP) is 3.76. The molecule has 0 bridgehead atoms. The minimum Gasteiger partial charge on any atom is -0.494 e. The van der Waals surface area contributed by atoms with Crippen LogP contribution in [0.15, 0.2) is 24.3 Å². The molecule has 0 spiro atoms. The maximum Gasteiger partial charge on any atom is 0.123 e. The summed E-state index contributed by atoms with van der Waals surface area (Å²) in [7, 11) is 0. The third-order valence-corrected chi connectivity index (χ3v) is 3.95. The van der Waals surface area contributed by atoms with Gasteiger partial charge in [0.25, 0.3) is 0 Å². The van der Waals surface area contributed by atoms with E-state index in [1.54, 1.807) is 0 Å². The van der Waals surface area contributed by atoms with Crippen molar-refractivity contribution in [2.45, 2.75) is 46.1 Å². The molecule has 1 saturated carbocycles. The van der Waals surface area contributed by atoms with Crippen LogP contribution in [0.3, 0.4) is 0 Å². The molecule has 2 nitrogen and oxygen atoms in total. The molecule has 18 heavy (non-hydrogen) atoms. The summed E-state index contributed by atoms with van der Waals surface area (Å²) in [5.41, 5.74) is 1.78. The summed E-state index contributed by atoms with van der Waals surface area (Å²) < 4.78 is 5.64. The molecule has 0 amide bonds. The molecular formula is C16H25NO. The lowest BCUT2D eigenvalue weighted by Gasteiger charge is -2.24. The Morgan fingerprint density at radius 3 is 2.67 bits per heavy atom. The van der Waals surface area contributed by atoms with Gasteiger partial charge < -0.3 is 10.1 Å². The highest BCUT2D eigenvalue weighted by atomic mass is 16.5. The Morgan fingerprint density at radius 1 is 1.22 bits per heavy atom. The van der Waals surface area contributed by atoms with Crippen molar-refractivity contribution in [1.29, 1.82) is 0 Å². The lowest BCUT2D eigenvalue weighted by atomic mass is 9.89. The number of hydrogen-bond donors (Lipinski definition) is 1. The molecule has 0 unspecified atom stereocenters. The fourth-order valence-corrected chi connectivity index (χ4v) is 2.85. The number of nitrogens with one attached hydrogen (secondary N) is 1. The van der Waals surface area contributed by atoms with Gasteiger partial charge in [-0.15, -0.1) is 0 Å². The molecule has 2 heteroatoms. The first-order valence-corrected chi connectivity index (χ1v) is 7.15. The van der Waals surface area contributed by atoms with E-state index < -0.39 is 0 Å². The smallest absolute Gasteiger partial charge is 0.123 e. The van der Waals surface area contributed by atoms with Crippen LogP contribution < -0.4 is 10.1 Å². The Balaban J connectivity index is 1.86. The number of benzene rings is 1. The number of hydrogen-bond acceptors (Lipinski definition) is 2. The third kappa shape index (κ3) is 3.49. The second kappa shape index (κ2) is 6.24. The highest BCUT2D eigenvalue weighted by Crippen LogP contribution is 2.36. The standard InChI is InChI=1S/C16H25NO/c1-3-18-15-9-5-4-8-14(15)12-17-13-16(2)10-6-7-11-16/h4-5,8-9,17H,3,6-7,10-13H2,1-2H3. The lowest BCUT2D eigenvalue weighted by Crippen LogP contribution is -2.29. The van der Waals surface area contributed by atoms with E-state index in [4.69, 9.17) is 4.74 Å². The van der Waals surface area contributed by atoms with E-state index in [1.807, 2.05) is 13.0 Å². The van der Waals surface area contributed by atoms with E-state index in [0.717, 1.165) is 25.4 Å². The summed E-state index contributed by atoms with van der Waals surface area (Å²) in [5.74, 6) is 1.02. The Morgan fingerprint density at radius 2 is 1.94 bits per heavy atom. The van der Waals surface area contributed by atoms with Crippen LogP contribution in [0.2, 0.25) is 0 Å². The molecule has 0 saturated heterocycles. The van der Waals surface area contributed by atoms with Crippen molar-refractivity contribution in [2.24, 2.45) is 5.41 Å². The normalized spacial score (nSPS) is 17.9. The summed E-state index contributed by atoms with van der Waals surface area (Å²) in [5, 5.41) is 3.60. The van der Waals surface area contributed by atoms with Crippen molar-refractivity contribution in [3.63, 3.8) is 0 Å². The van der Waals surface area contributed by atoms with Crippen molar-refractivity contribution in [2.75, 3.05) is 13.2 Å². The molecule has 1 aliphatic rings. The molecule has 0 atom stereocenters. The highest BCUT2D eigenvalue weighted by molar-refractivity contribution is 5.33. The number of ether oxygens (including phenoxy) is 1. The molecule has 100 valence electrons. The van der Waals surface area contributed by atoms with Gasteiger partial charge in [0, 0.05) is 18.7 Å². The minimum atomic E-state index is 0.514. The number of rotatable bonds is 6. The van der Waals surface area contributed by atoms with Crippen LogP contribution in [0.5, 0.6) is 5.75 Å². The molecule has 0 heterocycles. The first kappa shape index (κ1) is 13.4. The summed E-state index contributed by atoms with van der Waals surface area (Å²) in [6.45, 7) is 7.19. The molecule has 1 fully saturated rings. The first-order chi connectivity index (χ1) is 8.73. The predicted molar refractivity (Wildman–Crippen MR) is 75.9 cm³/mol. The minimum absolute atomic E-state index is 0.514. The van der Waals surface area contributed by atoms with Crippen LogP contribution in [0.25, 0.3) is 0 Å². The summed E-state index contributed by atoms with van der Waals surface area (Å²) in [6, 6.07) is 8.32. The maximum absolute atomic E-state index is 5.64. The molecule has 1 aromatic rings. The Kier molecular flexibility index (Phi) is 4.65. The Hall–Kier alpha value is -1.02. The molecule has 0 aliphatic heterocycles. The van der Waals surface area contributed by atoms with Gasteiger partial charge in [0.2, 0.25) is 0 Å². The molecule has 2 rings (SSSR count). The molecular weight excluding hydrogens is 222 g/mol. The SMILES string of the molecule is CCOc1ccccc1CNCC1(C)CCCC1. The van der Waals surface area contributed by atoms with Gasteiger partial charge in [-0.3, -0.25) is 0 Å². The van der Waals surface area contributed by atoms with Crippen LogP contribution in [-0.4, -0.2) is 13.2 Å². The van der Waals surface area contributed by atoms with Gasteiger partial charge in [-0.2, -0.15) is 0 Å². The van der Waals surface area contributed by atoms with Gasteiger partial charge in [0.05, 0.1) is 6.61 Å². The maximum atomic E-state index is 5.64.